The highest BCUT2D eigenvalue weighted by molar-refractivity contribution is 7.95. The molecule has 0 spiro atoms. The van der Waals surface area contributed by atoms with Crippen LogP contribution in [0.1, 0.15) is 45.6 Å². The van der Waals surface area contributed by atoms with Gasteiger partial charge in [0.2, 0.25) is 0 Å². The van der Waals surface area contributed by atoms with Gasteiger partial charge in [-0.25, -0.2) is 4.79 Å². The third-order valence-electron chi connectivity index (χ3n) is 6.76. The standard InChI is InChI=1S/C25H37NO5S/c1-17(2)11-12-20-24(3,31-20)22-21(29-4)19(30-23(26)27)13-14-25(22,28)16-32(5)15-18-9-7-6-8-10-18/h6-11,19-22,28H,12-16H2,1-5H3,(H-,26,27)/p+1. The van der Waals surface area contributed by atoms with Crippen molar-refractivity contribution in [2.45, 2.75) is 75.3 Å². The summed E-state index contributed by atoms with van der Waals surface area (Å²) in [5, 5.41) is 12.1. The summed E-state index contributed by atoms with van der Waals surface area (Å²) in [6, 6.07) is 10.4. The number of allylic oxidation sites excluding steroid dienone is 1. The first-order valence-electron chi connectivity index (χ1n) is 11.2. The number of carbonyl (C=O) groups is 1. The molecule has 6 nitrogen and oxygen atoms in total. The van der Waals surface area contributed by atoms with Gasteiger partial charge in [0, 0.05) is 12.7 Å². The fourth-order valence-corrected chi connectivity index (χ4v) is 7.37. The molecular formula is C25H38NO5S+. The number of rotatable bonds is 9. The predicted octanol–water partition coefficient (Wildman–Crippen LogP) is 3.57. The molecule has 0 aromatic heterocycles. The second-order valence-electron chi connectivity index (χ2n) is 9.66. The van der Waals surface area contributed by atoms with Gasteiger partial charge in [-0.1, -0.05) is 42.0 Å². The molecule has 3 N–H and O–H groups in total. The molecule has 1 aromatic carbocycles. The number of aliphatic hydroxyl groups is 1. The number of carbonyl (C=O) groups excluding carboxylic acids is 1. The van der Waals surface area contributed by atoms with Crippen molar-refractivity contribution < 1.29 is 24.1 Å². The maximum atomic E-state index is 12.1. The number of methoxy groups -OCH3 is 1. The Labute approximate surface area is 194 Å². The van der Waals surface area contributed by atoms with Crippen molar-refractivity contribution in [3.63, 3.8) is 0 Å². The molecule has 1 aromatic rings. The van der Waals surface area contributed by atoms with E-state index in [4.69, 9.17) is 19.9 Å². The molecule has 32 heavy (non-hydrogen) atoms. The van der Waals surface area contributed by atoms with Gasteiger partial charge in [-0.15, -0.1) is 0 Å². The lowest BCUT2D eigenvalue weighted by molar-refractivity contribution is -0.169. The minimum absolute atomic E-state index is 0.00772. The lowest BCUT2D eigenvalue weighted by Gasteiger charge is -2.48. The fourth-order valence-electron chi connectivity index (χ4n) is 5.32. The van der Waals surface area contributed by atoms with E-state index in [0.29, 0.717) is 18.6 Å². The number of ether oxygens (including phenoxy) is 3. The normalized spacial score (nSPS) is 35.1. The monoisotopic (exact) mass is 464 g/mol. The molecule has 1 heterocycles. The lowest BCUT2D eigenvalue weighted by Crippen LogP contribution is -2.62. The van der Waals surface area contributed by atoms with Crippen LogP contribution in [-0.4, -0.2) is 59.8 Å². The summed E-state index contributed by atoms with van der Waals surface area (Å²) < 4.78 is 17.5. The Morgan fingerprint density at radius 2 is 2.03 bits per heavy atom. The van der Waals surface area contributed by atoms with E-state index >= 15 is 0 Å². The Balaban J connectivity index is 1.85. The summed E-state index contributed by atoms with van der Waals surface area (Å²) >= 11 is 0. The van der Waals surface area contributed by atoms with Crippen LogP contribution in [0.3, 0.4) is 0 Å². The third kappa shape index (κ3) is 5.68. The highest BCUT2D eigenvalue weighted by Crippen LogP contribution is 2.55. The van der Waals surface area contributed by atoms with E-state index in [1.54, 1.807) is 7.11 Å². The van der Waals surface area contributed by atoms with Crippen LogP contribution in [0.4, 0.5) is 4.79 Å². The van der Waals surface area contributed by atoms with Crippen molar-refractivity contribution in [2.75, 3.05) is 19.1 Å². The van der Waals surface area contributed by atoms with Gasteiger partial charge in [-0.3, -0.25) is 0 Å². The van der Waals surface area contributed by atoms with Crippen LogP contribution < -0.4 is 5.73 Å². The minimum atomic E-state index is -0.987. The molecule has 2 aliphatic rings. The SMILES string of the molecule is COC1C(OC(N)=O)CCC(O)(C[S+](C)Cc2ccccc2)C1C1(C)OC1CC=C(C)C. The Morgan fingerprint density at radius 1 is 1.34 bits per heavy atom. The third-order valence-corrected chi connectivity index (χ3v) is 8.58. The van der Waals surface area contributed by atoms with Crippen LogP contribution in [0.25, 0.3) is 0 Å². The van der Waals surface area contributed by atoms with Crippen LogP contribution in [-0.2, 0) is 30.9 Å². The fraction of sp³-hybridized carbons (Fsp3) is 0.640. The number of hydrogen-bond acceptors (Lipinski definition) is 5. The van der Waals surface area contributed by atoms with Crippen molar-refractivity contribution in [3.8, 4) is 0 Å². The number of benzene rings is 1. The largest absolute Gasteiger partial charge is 0.444 e. The Bertz CT molecular complexity index is 814. The van der Waals surface area contributed by atoms with Gasteiger partial charge in [-0.05, 0) is 50.9 Å². The van der Waals surface area contributed by atoms with Crippen molar-refractivity contribution in [1.29, 1.82) is 0 Å². The zero-order chi connectivity index (χ0) is 23.5. The molecule has 1 saturated heterocycles. The van der Waals surface area contributed by atoms with Gasteiger partial charge >= 0.3 is 6.09 Å². The molecule has 1 aliphatic heterocycles. The van der Waals surface area contributed by atoms with Crippen molar-refractivity contribution in [3.05, 3.63) is 47.5 Å². The average molecular weight is 465 g/mol. The van der Waals surface area contributed by atoms with E-state index in [1.165, 1.54) is 11.1 Å². The van der Waals surface area contributed by atoms with E-state index in [2.05, 4.69) is 45.2 Å². The van der Waals surface area contributed by atoms with Crippen molar-refractivity contribution >= 4 is 17.0 Å². The summed E-state index contributed by atoms with van der Waals surface area (Å²) in [5.41, 5.74) is 6.29. The van der Waals surface area contributed by atoms with Crippen LogP contribution in [0.5, 0.6) is 0 Å². The maximum absolute atomic E-state index is 12.1. The van der Waals surface area contributed by atoms with E-state index in [1.807, 2.05) is 18.2 Å². The highest BCUT2D eigenvalue weighted by atomic mass is 32.2. The predicted molar refractivity (Wildman–Crippen MR) is 129 cm³/mol. The zero-order valence-electron chi connectivity index (χ0n) is 19.9. The molecule has 1 amide bonds. The van der Waals surface area contributed by atoms with Gasteiger partial charge < -0.3 is 25.1 Å². The first-order chi connectivity index (χ1) is 15.1. The number of nitrogens with two attached hydrogens (primary N) is 1. The molecule has 7 heteroatoms. The van der Waals surface area contributed by atoms with Gasteiger partial charge in [0.05, 0.1) is 18.3 Å². The minimum Gasteiger partial charge on any atom is -0.444 e. The maximum Gasteiger partial charge on any atom is 0.404 e. The van der Waals surface area contributed by atoms with E-state index in [0.717, 1.165) is 12.2 Å². The molecule has 1 saturated carbocycles. The van der Waals surface area contributed by atoms with Gasteiger partial charge in [-0.2, -0.15) is 0 Å². The first-order valence-corrected chi connectivity index (χ1v) is 13.2. The average Bonchev–Trinajstić information content (AvgIpc) is 3.38. The highest BCUT2D eigenvalue weighted by Gasteiger charge is 2.68. The smallest absolute Gasteiger partial charge is 0.404 e. The van der Waals surface area contributed by atoms with Crippen LogP contribution in [0.2, 0.25) is 0 Å². The Hall–Kier alpha value is -1.54. The van der Waals surface area contributed by atoms with Gasteiger partial charge in [0.15, 0.2) is 0 Å². The molecular weight excluding hydrogens is 426 g/mol. The van der Waals surface area contributed by atoms with Crippen LogP contribution in [0, 0.1) is 5.92 Å². The van der Waals surface area contributed by atoms with Crippen molar-refractivity contribution in [1.82, 2.24) is 0 Å². The second-order valence-corrected chi connectivity index (χ2v) is 11.8. The van der Waals surface area contributed by atoms with Crippen LogP contribution >= 0.6 is 0 Å². The number of primary amides is 1. The number of epoxide rings is 1. The summed E-state index contributed by atoms with van der Waals surface area (Å²) in [6.07, 6.45) is 4.35. The van der Waals surface area contributed by atoms with Crippen molar-refractivity contribution in [2.24, 2.45) is 11.7 Å². The second kappa shape index (κ2) is 10.2. The molecule has 0 bridgehead atoms. The summed E-state index contributed by atoms with van der Waals surface area (Å²) in [5.74, 6) is 1.22. The quantitative estimate of drug-likeness (QED) is 0.331. The topological polar surface area (TPSA) is 94.3 Å². The van der Waals surface area contributed by atoms with E-state index in [9.17, 15) is 9.90 Å². The molecule has 7 atom stereocenters. The Morgan fingerprint density at radius 3 is 2.62 bits per heavy atom. The number of hydrogen-bond donors (Lipinski definition) is 2. The number of amides is 1. The van der Waals surface area contributed by atoms with E-state index in [-0.39, 0.29) is 22.9 Å². The van der Waals surface area contributed by atoms with Gasteiger partial charge in [0.25, 0.3) is 0 Å². The first kappa shape index (κ1) is 25.1. The summed E-state index contributed by atoms with van der Waals surface area (Å²) in [4.78, 5) is 11.5. The molecule has 3 rings (SSSR count). The summed E-state index contributed by atoms with van der Waals surface area (Å²) in [7, 11) is 1.55. The van der Waals surface area contributed by atoms with E-state index < -0.39 is 29.5 Å². The lowest BCUT2D eigenvalue weighted by atomic mass is 9.66. The molecule has 178 valence electrons. The molecule has 1 aliphatic carbocycles. The Kier molecular flexibility index (Phi) is 7.97. The van der Waals surface area contributed by atoms with Gasteiger partial charge in [0.1, 0.15) is 34.9 Å². The van der Waals surface area contributed by atoms with Crippen LogP contribution in [0.15, 0.2) is 42.0 Å². The zero-order valence-corrected chi connectivity index (χ0v) is 20.7. The summed E-state index contributed by atoms with van der Waals surface area (Å²) in [6.45, 7) is 6.19. The molecule has 0 radical (unpaired) electrons. The molecule has 7 unspecified atom stereocenters. The molecule has 2 fully saturated rings.